The molecule has 25 heavy (non-hydrogen) atoms. The Morgan fingerprint density at radius 3 is 2.24 bits per heavy atom. The molecule has 5 nitrogen and oxygen atoms in total. The number of rotatable bonds is 4. The van der Waals surface area contributed by atoms with Crippen molar-refractivity contribution in [3.8, 4) is 0 Å². The van der Waals surface area contributed by atoms with Crippen LogP contribution in [0.3, 0.4) is 0 Å². The van der Waals surface area contributed by atoms with Gasteiger partial charge in [-0.2, -0.15) is 0 Å². The van der Waals surface area contributed by atoms with Crippen molar-refractivity contribution >= 4 is 11.8 Å². The molecule has 0 aromatic heterocycles. The van der Waals surface area contributed by atoms with E-state index in [1.807, 2.05) is 6.92 Å². The molecule has 2 heterocycles. The molecule has 3 fully saturated rings. The van der Waals surface area contributed by atoms with Crippen molar-refractivity contribution in [2.45, 2.75) is 83.2 Å². The summed E-state index contributed by atoms with van der Waals surface area (Å²) in [5.74, 6) is 0.554. The third-order valence-corrected chi connectivity index (χ3v) is 6.35. The van der Waals surface area contributed by atoms with E-state index in [0.717, 1.165) is 64.7 Å². The average molecular weight is 350 g/mol. The summed E-state index contributed by atoms with van der Waals surface area (Å²) in [5, 5.41) is 3.22. The predicted octanol–water partition coefficient (Wildman–Crippen LogP) is 2.55. The fourth-order valence-electron chi connectivity index (χ4n) is 4.67. The zero-order valence-electron chi connectivity index (χ0n) is 15.8. The quantitative estimate of drug-likeness (QED) is 0.849. The van der Waals surface area contributed by atoms with Crippen LogP contribution in [-0.2, 0) is 9.59 Å². The van der Waals surface area contributed by atoms with Gasteiger partial charge in [-0.05, 0) is 52.0 Å². The van der Waals surface area contributed by atoms with Gasteiger partial charge in [0.1, 0.15) is 0 Å². The molecular formula is C20H35N3O2. The summed E-state index contributed by atoms with van der Waals surface area (Å²) in [6.07, 6.45) is 11.5. The largest absolute Gasteiger partial charge is 0.352 e. The van der Waals surface area contributed by atoms with E-state index in [1.165, 1.54) is 25.7 Å². The Bertz CT molecular complexity index is 454. The van der Waals surface area contributed by atoms with Gasteiger partial charge in [-0.1, -0.05) is 25.7 Å². The number of hydrogen-bond donors (Lipinski definition) is 1. The summed E-state index contributed by atoms with van der Waals surface area (Å²) in [6.45, 7) is 5.53. The summed E-state index contributed by atoms with van der Waals surface area (Å²) in [4.78, 5) is 29.8. The monoisotopic (exact) mass is 349 g/mol. The molecule has 5 heteroatoms. The number of nitrogens with one attached hydrogen (secondary N) is 1. The lowest BCUT2D eigenvalue weighted by atomic mass is 9.95. The number of nitrogens with zero attached hydrogens (tertiary/aromatic N) is 2. The maximum Gasteiger partial charge on any atom is 0.237 e. The van der Waals surface area contributed by atoms with E-state index in [9.17, 15) is 9.59 Å². The van der Waals surface area contributed by atoms with Crippen molar-refractivity contribution < 1.29 is 9.59 Å². The molecule has 3 aliphatic rings. The lowest BCUT2D eigenvalue weighted by molar-refractivity contribution is -0.139. The van der Waals surface area contributed by atoms with Crippen LogP contribution in [0, 0.1) is 5.92 Å². The van der Waals surface area contributed by atoms with Gasteiger partial charge in [0, 0.05) is 25.7 Å². The third kappa shape index (κ3) is 4.96. The van der Waals surface area contributed by atoms with Gasteiger partial charge >= 0.3 is 0 Å². The van der Waals surface area contributed by atoms with Crippen molar-refractivity contribution in [1.29, 1.82) is 0 Å². The van der Waals surface area contributed by atoms with Crippen molar-refractivity contribution in [3.05, 3.63) is 0 Å². The average Bonchev–Trinajstić information content (AvgIpc) is 2.99. The molecule has 0 spiro atoms. The minimum absolute atomic E-state index is 0.0774. The van der Waals surface area contributed by atoms with Crippen LogP contribution < -0.4 is 5.32 Å². The normalized spacial score (nSPS) is 27.7. The molecule has 0 bridgehead atoms. The zero-order valence-corrected chi connectivity index (χ0v) is 15.8. The van der Waals surface area contributed by atoms with Gasteiger partial charge in [0.25, 0.3) is 0 Å². The molecule has 2 saturated heterocycles. The summed E-state index contributed by atoms with van der Waals surface area (Å²) < 4.78 is 0. The van der Waals surface area contributed by atoms with Crippen molar-refractivity contribution in [2.75, 3.05) is 26.2 Å². The van der Waals surface area contributed by atoms with E-state index < -0.39 is 0 Å². The van der Waals surface area contributed by atoms with Crippen LogP contribution in [0.15, 0.2) is 0 Å². The number of hydrogen-bond acceptors (Lipinski definition) is 3. The van der Waals surface area contributed by atoms with Gasteiger partial charge in [0.2, 0.25) is 11.8 Å². The van der Waals surface area contributed by atoms with E-state index in [4.69, 9.17) is 0 Å². The molecule has 0 aromatic carbocycles. The minimum Gasteiger partial charge on any atom is -0.352 e. The lowest BCUT2D eigenvalue weighted by Crippen LogP contribution is -2.53. The van der Waals surface area contributed by atoms with E-state index in [0.29, 0.717) is 11.9 Å². The van der Waals surface area contributed by atoms with Crippen LogP contribution >= 0.6 is 0 Å². The molecule has 0 radical (unpaired) electrons. The van der Waals surface area contributed by atoms with Crippen LogP contribution in [0.4, 0.5) is 0 Å². The highest BCUT2D eigenvalue weighted by Crippen LogP contribution is 2.23. The number of carbonyl (C=O) groups is 2. The van der Waals surface area contributed by atoms with Gasteiger partial charge in [-0.25, -0.2) is 0 Å². The molecule has 2 atom stereocenters. The van der Waals surface area contributed by atoms with Crippen molar-refractivity contribution in [2.24, 2.45) is 5.92 Å². The molecule has 142 valence electrons. The van der Waals surface area contributed by atoms with Crippen LogP contribution in [0.2, 0.25) is 0 Å². The van der Waals surface area contributed by atoms with Crippen molar-refractivity contribution in [3.63, 3.8) is 0 Å². The van der Waals surface area contributed by atoms with Gasteiger partial charge < -0.3 is 10.2 Å². The number of piperidine rings is 1. The lowest BCUT2D eigenvalue weighted by Gasteiger charge is -2.37. The third-order valence-electron chi connectivity index (χ3n) is 6.35. The zero-order chi connectivity index (χ0) is 17.6. The Kier molecular flexibility index (Phi) is 6.74. The fourth-order valence-corrected chi connectivity index (χ4v) is 4.67. The smallest absolute Gasteiger partial charge is 0.237 e. The number of amides is 2. The second-order valence-electron chi connectivity index (χ2n) is 8.24. The SMILES string of the molecule is C[C@H](C(=O)NC1CCCC1)N1CCC[C@H](C(=O)N2CCCCCC2)C1. The van der Waals surface area contributed by atoms with E-state index in [-0.39, 0.29) is 17.9 Å². The van der Waals surface area contributed by atoms with E-state index in [2.05, 4.69) is 15.1 Å². The first-order valence-electron chi connectivity index (χ1n) is 10.5. The highest BCUT2D eigenvalue weighted by Gasteiger charge is 2.33. The molecular weight excluding hydrogens is 314 g/mol. The number of carbonyl (C=O) groups excluding carboxylic acids is 2. The Labute approximate surface area is 152 Å². The predicted molar refractivity (Wildman–Crippen MR) is 99.2 cm³/mol. The fraction of sp³-hybridized carbons (Fsp3) is 0.900. The molecule has 2 amide bonds. The first-order valence-corrected chi connectivity index (χ1v) is 10.5. The Balaban J connectivity index is 1.52. The topological polar surface area (TPSA) is 52.7 Å². The Morgan fingerprint density at radius 2 is 1.56 bits per heavy atom. The maximum atomic E-state index is 12.9. The van der Waals surface area contributed by atoms with Crippen LogP contribution in [-0.4, -0.2) is 59.9 Å². The van der Waals surface area contributed by atoms with Crippen LogP contribution in [0.1, 0.15) is 71.1 Å². The molecule has 2 aliphatic heterocycles. The summed E-state index contributed by atoms with van der Waals surface area (Å²) in [7, 11) is 0. The van der Waals surface area contributed by atoms with E-state index >= 15 is 0 Å². The minimum atomic E-state index is -0.125. The van der Waals surface area contributed by atoms with Gasteiger partial charge in [-0.15, -0.1) is 0 Å². The van der Waals surface area contributed by atoms with Gasteiger partial charge in [0.05, 0.1) is 12.0 Å². The Morgan fingerprint density at radius 1 is 0.880 bits per heavy atom. The Hall–Kier alpha value is -1.10. The highest BCUT2D eigenvalue weighted by atomic mass is 16.2. The first-order chi connectivity index (χ1) is 12.1. The second kappa shape index (κ2) is 9.02. The molecule has 1 N–H and O–H groups in total. The number of likely N-dealkylation sites (tertiary alicyclic amines) is 2. The van der Waals surface area contributed by atoms with Crippen LogP contribution in [0.25, 0.3) is 0 Å². The molecule has 1 aliphatic carbocycles. The van der Waals surface area contributed by atoms with Crippen molar-refractivity contribution in [1.82, 2.24) is 15.1 Å². The van der Waals surface area contributed by atoms with Gasteiger partial charge in [-0.3, -0.25) is 14.5 Å². The van der Waals surface area contributed by atoms with E-state index in [1.54, 1.807) is 0 Å². The molecule has 1 saturated carbocycles. The standard InChI is InChI=1S/C20H35N3O2/c1-16(19(24)21-18-10-4-5-11-18)23-14-8-9-17(15-23)20(25)22-12-6-2-3-7-13-22/h16-18H,2-15H2,1H3,(H,21,24)/t16-,17+/m1/s1. The molecule has 0 aromatic rings. The summed E-state index contributed by atoms with van der Waals surface area (Å²) in [6, 6.07) is 0.245. The highest BCUT2D eigenvalue weighted by molar-refractivity contribution is 5.82. The summed E-state index contributed by atoms with van der Waals surface area (Å²) in [5.41, 5.74) is 0. The van der Waals surface area contributed by atoms with Crippen LogP contribution in [0.5, 0.6) is 0 Å². The first kappa shape index (κ1) is 18.7. The summed E-state index contributed by atoms with van der Waals surface area (Å²) >= 11 is 0. The molecule has 0 unspecified atom stereocenters. The molecule has 3 rings (SSSR count). The second-order valence-corrected chi connectivity index (χ2v) is 8.24. The van der Waals surface area contributed by atoms with Gasteiger partial charge in [0.15, 0.2) is 0 Å². The maximum absolute atomic E-state index is 12.9.